The summed E-state index contributed by atoms with van der Waals surface area (Å²) in [6.07, 6.45) is 28.9. The number of hydrogen-bond donors (Lipinski definition) is 2. The summed E-state index contributed by atoms with van der Waals surface area (Å²) in [6.45, 7) is 6.20. The predicted octanol–water partition coefficient (Wildman–Crippen LogP) is 7.98. The van der Waals surface area contributed by atoms with Crippen molar-refractivity contribution in [2.45, 2.75) is 148 Å². The molecule has 4 unspecified atom stereocenters. The summed E-state index contributed by atoms with van der Waals surface area (Å²) in [4.78, 5) is 0. The summed E-state index contributed by atoms with van der Waals surface area (Å²) in [5, 5.41) is 0. The van der Waals surface area contributed by atoms with Crippen LogP contribution in [0, 0.1) is 45.3 Å². The maximum absolute atomic E-state index is 8.18. The van der Waals surface area contributed by atoms with Gasteiger partial charge in [0.15, 0.2) is 0 Å². The molecule has 0 heterocycles. The molecule has 8 bridgehead atoms. The zero-order chi connectivity index (χ0) is 23.7. The van der Waals surface area contributed by atoms with Gasteiger partial charge < -0.3 is 11.5 Å². The van der Waals surface area contributed by atoms with Crippen molar-refractivity contribution in [2.75, 3.05) is 6.54 Å². The van der Waals surface area contributed by atoms with Gasteiger partial charge >= 0.3 is 0 Å². The number of rotatable bonds is 11. The van der Waals surface area contributed by atoms with E-state index < -0.39 is 0 Å². The highest BCUT2D eigenvalue weighted by atomic mass is 14.9. The van der Waals surface area contributed by atoms with Crippen LogP contribution in [0.4, 0.5) is 0 Å². The summed E-state index contributed by atoms with van der Waals surface area (Å²) >= 11 is 0. The predicted molar refractivity (Wildman–Crippen MR) is 143 cm³/mol. The van der Waals surface area contributed by atoms with Crippen molar-refractivity contribution in [2.24, 2.45) is 56.8 Å². The second-order valence-corrected chi connectivity index (χ2v) is 16.1. The van der Waals surface area contributed by atoms with Crippen LogP contribution in [0.2, 0.25) is 0 Å². The van der Waals surface area contributed by atoms with Crippen LogP contribution in [0.1, 0.15) is 142 Å². The van der Waals surface area contributed by atoms with Crippen molar-refractivity contribution in [1.29, 1.82) is 0 Å². The monoisotopic (exact) mass is 468 g/mol. The quantitative estimate of drug-likeness (QED) is 0.302. The van der Waals surface area contributed by atoms with Gasteiger partial charge in [-0.3, -0.25) is 0 Å². The first-order chi connectivity index (χ1) is 16.2. The van der Waals surface area contributed by atoms with Gasteiger partial charge in [0.1, 0.15) is 0 Å². The minimum Gasteiger partial charge on any atom is -0.330 e. The van der Waals surface area contributed by atoms with Crippen LogP contribution in [0.3, 0.4) is 0 Å². The van der Waals surface area contributed by atoms with E-state index in [9.17, 15) is 0 Å². The van der Waals surface area contributed by atoms with Gasteiger partial charge in [-0.25, -0.2) is 0 Å². The molecular weight excluding hydrogens is 412 g/mol. The van der Waals surface area contributed by atoms with Crippen LogP contribution in [0.25, 0.3) is 0 Å². The number of nitrogens with two attached hydrogens (primary N) is 2. The van der Waals surface area contributed by atoms with Gasteiger partial charge in [-0.1, -0.05) is 52.4 Å². The first-order valence-electron chi connectivity index (χ1n) is 15.7. The molecule has 0 amide bonds. The Labute approximate surface area is 211 Å². The van der Waals surface area contributed by atoms with Gasteiger partial charge in [0.25, 0.3) is 0 Å². The van der Waals surface area contributed by atoms with E-state index in [0.717, 1.165) is 30.2 Å². The molecule has 0 aromatic heterocycles. The average Bonchev–Trinajstić information content (AvgIpc) is 2.71. The van der Waals surface area contributed by atoms with Crippen LogP contribution in [0.15, 0.2) is 0 Å². The highest BCUT2D eigenvalue weighted by Gasteiger charge is 2.70. The number of unbranched alkanes of at least 4 members (excludes halogenated alkanes) is 6. The van der Waals surface area contributed by atoms with Crippen LogP contribution >= 0.6 is 0 Å². The minimum atomic E-state index is 0.0948. The van der Waals surface area contributed by atoms with Crippen molar-refractivity contribution in [1.82, 2.24) is 0 Å². The van der Waals surface area contributed by atoms with E-state index >= 15 is 0 Å². The lowest BCUT2D eigenvalue weighted by Gasteiger charge is -2.74. The molecule has 0 aliphatic heterocycles. The molecule has 8 saturated carbocycles. The summed E-state index contributed by atoms with van der Waals surface area (Å²) in [6, 6.07) is 0. The molecule has 8 rings (SSSR count). The Morgan fingerprint density at radius 1 is 0.588 bits per heavy atom. The van der Waals surface area contributed by atoms with Gasteiger partial charge in [0.05, 0.1) is 0 Å². The Kier molecular flexibility index (Phi) is 6.05. The van der Waals surface area contributed by atoms with Gasteiger partial charge in [-0.15, -0.1) is 0 Å². The first kappa shape index (κ1) is 24.3. The molecule has 4 N–H and O–H groups in total. The van der Waals surface area contributed by atoms with E-state index in [2.05, 4.69) is 13.8 Å². The summed E-state index contributed by atoms with van der Waals surface area (Å²) in [5.41, 5.74) is 16.1. The van der Waals surface area contributed by atoms with Crippen LogP contribution in [-0.2, 0) is 0 Å². The molecule has 8 aliphatic rings. The summed E-state index contributed by atoms with van der Waals surface area (Å²) in [7, 11) is 0. The van der Waals surface area contributed by atoms with E-state index in [1.54, 1.807) is 0 Å². The Balaban J connectivity index is 1.25. The van der Waals surface area contributed by atoms with Crippen LogP contribution in [-0.4, -0.2) is 12.1 Å². The summed E-state index contributed by atoms with van der Waals surface area (Å²) in [5.74, 6) is 3.95. The van der Waals surface area contributed by atoms with Crippen molar-refractivity contribution in [3.8, 4) is 0 Å². The maximum Gasteiger partial charge on any atom is 0.0269 e. The minimum absolute atomic E-state index is 0.0948. The Morgan fingerprint density at radius 2 is 0.971 bits per heavy atom. The Bertz CT molecular complexity index is 676. The second kappa shape index (κ2) is 8.47. The van der Waals surface area contributed by atoms with E-state index in [0.29, 0.717) is 21.7 Å². The van der Waals surface area contributed by atoms with E-state index in [1.165, 1.54) is 128 Å². The molecule has 8 aliphatic carbocycles. The van der Waals surface area contributed by atoms with Gasteiger partial charge in [0, 0.05) is 5.54 Å². The molecule has 2 nitrogen and oxygen atoms in total. The topological polar surface area (TPSA) is 52.0 Å². The second-order valence-electron chi connectivity index (χ2n) is 16.1. The standard InChI is InChI=1S/C32H56N2/c1-28-14-24-12-25(15-28)19-30(18-24,22-28)32(34,10-8-6-4-3-5-7-9-11-33)31-20-26-13-27(21-31)17-29(2,16-26)23-31/h24-27H,3-23,33-34H2,1-2H3. The number of hydrogen-bond acceptors (Lipinski definition) is 2. The van der Waals surface area contributed by atoms with Crippen LogP contribution < -0.4 is 11.5 Å². The highest BCUT2D eigenvalue weighted by molar-refractivity contribution is 5.24. The maximum atomic E-state index is 8.18. The Morgan fingerprint density at radius 3 is 1.35 bits per heavy atom. The fourth-order valence-electron chi connectivity index (χ4n) is 13.0. The molecular formula is C32H56N2. The average molecular weight is 469 g/mol. The molecule has 2 heteroatoms. The molecule has 0 saturated heterocycles. The third kappa shape index (κ3) is 3.86. The van der Waals surface area contributed by atoms with Crippen molar-refractivity contribution >= 4 is 0 Å². The molecule has 4 atom stereocenters. The Hall–Kier alpha value is -0.0800. The van der Waals surface area contributed by atoms with Crippen LogP contribution in [0.5, 0.6) is 0 Å². The lowest BCUT2D eigenvalue weighted by molar-refractivity contribution is -0.217. The fourth-order valence-corrected chi connectivity index (χ4v) is 13.0. The van der Waals surface area contributed by atoms with E-state index in [4.69, 9.17) is 11.5 Å². The molecule has 0 aromatic rings. The third-order valence-corrected chi connectivity index (χ3v) is 12.9. The van der Waals surface area contributed by atoms with Crippen molar-refractivity contribution < 1.29 is 0 Å². The lowest BCUT2D eigenvalue weighted by atomic mass is 9.32. The zero-order valence-corrected chi connectivity index (χ0v) is 22.8. The van der Waals surface area contributed by atoms with E-state index in [1.807, 2.05) is 0 Å². The zero-order valence-electron chi connectivity index (χ0n) is 22.8. The molecule has 0 spiro atoms. The molecule has 8 fully saturated rings. The highest BCUT2D eigenvalue weighted by Crippen LogP contribution is 2.76. The van der Waals surface area contributed by atoms with Crippen molar-refractivity contribution in [3.05, 3.63) is 0 Å². The molecule has 0 aromatic carbocycles. The third-order valence-electron chi connectivity index (χ3n) is 12.9. The van der Waals surface area contributed by atoms with Gasteiger partial charge in [0.2, 0.25) is 0 Å². The molecule has 34 heavy (non-hydrogen) atoms. The first-order valence-corrected chi connectivity index (χ1v) is 15.7. The van der Waals surface area contributed by atoms with E-state index in [-0.39, 0.29) is 5.54 Å². The van der Waals surface area contributed by atoms with Gasteiger partial charge in [-0.05, 0) is 142 Å². The molecule has 0 radical (unpaired) electrons. The fraction of sp³-hybridized carbons (Fsp3) is 1.00. The van der Waals surface area contributed by atoms with Gasteiger partial charge in [-0.2, -0.15) is 0 Å². The SMILES string of the molecule is CC12CC3CC(C1)CC(C(N)(CCCCCCCCCN)C14CC5CC(CC(C)(C5)C1)C4)(C3)C2. The summed E-state index contributed by atoms with van der Waals surface area (Å²) < 4.78 is 0. The normalized spacial score (nSPS) is 50.1. The smallest absolute Gasteiger partial charge is 0.0269 e. The lowest BCUT2D eigenvalue weighted by Crippen LogP contribution is -2.74. The largest absolute Gasteiger partial charge is 0.330 e. The van der Waals surface area contributed by atoms with Crippen molar-refractivity contribution in [3.63, 3.8) is 0 Å². The molecule has 194 valence electrons.